The van der Waals surface area contributed by atoms with E-state index in [1.807, 2.05) is 6.07 Å². The normalized spacial score (nSPS) is 19.3. The lowest BCUT2D eigenvalue weighted by Crippen LogP contribution is -2.34. The van der Waals surface area contributed by atoms with Crippen LogP contribution in [0, 0.1) is 5.92 Å². The summed E-state index contributed by atoms with van der Waals surface area (Å²) in [7, 11) is -3.28. The summed E-state index contributed by atoms with van der Waals surface area (Å²) >= 11 is 1.42. The van der Waals surface area contributed by atoms with Gasteiger partial charge in [0.1, 0.15) is 4.21 Å². The average Bonchev–Trinajstić information content (AvgIpc) is 3.36. The Morgan fingerprint density at radius 3 is 2.67 bits per heavy atom. The lowest BCUT2D eigenvalue weighted by molar-refractivity contribution is 0.390. The lowest BCUT2D eigenvalue weighted by atomic mass is 10.4. The molecule has 4 nitrogen and oxygen atoms in total. The minimum absolute atomic E-state index is 0.263. The summed E-state index contributed by atoms with van der Waals surface area (Å²) in [5, 5.41) is 3.32. The van der Waals surface area contributed by atoms with Crippen LogP contribution in [-0.4, -0.2) is 31.9 Å². The Kier molecular flexibility index (Phi) is 4.69. The fourth-order valence-electron chi connectivity index (χ4n) is 2.46. The maximum Gasteiger partial charge on any atom is 0.252 e. The fourth-order valence-corrected chi connectivity index (χ4v) is 5.67. The number of hydrogen-bond donors (Lipinski definition) is 1. The molecule has 1 aromatic heterocycles. The third kappa shape index (κ3) is 3.86. The highest BCUT2D eigenvalue weighted by Gasteiger charge is 2.41. The maximum atomic E-state index is 12.8. The van der Waals surface area contributed by atoms with Gasteiger partial charge in [0.2, 0.25) is 0 Å². The number of sulfonamides is 1. The van der Waals surface area contributed by atoms with E-state index in [1.54, 1.807) is 10.4 Å². The van der Waals surface area contributed by atoms with E-state index in [4.69, 9.17) is 0 Å². The topological polar surface area (TPSA) is 49.4 Å². The van der Waals surface area contributed by atoms with Crippen molar-refractivity contribution in [1.29, 1.82) is 0 Å². The number of thiophene rings is 1. The number of rotatable bonds is 9. The van der Waals surface area contributed by atoms with E-state index >= 15 is 0 Å². The van der Waals surface area contributed by atoms with Gasteiger partial charge in [-0.1, -0.05) is 6.92 Å². The van der Waals surface area contributed by atoms with E-state index in [-0.39, 0.29) is 6.04 Å². The van der Waals surface area contributed by atoms with E-state index in [2.05, 4.69) is 12.2 Å². The van der Waals surface area contributed by atoms with Crippen LogP contribution in [0.5, 0.6) is 0 Å². The van der Waals surface area contributed by atoms with Gasteiger partial charge in [-0.3, -0.25) is 0 Å². The predicted molar refractivity (Wildman–Crippen MR) is 86.0 cm³/mol. The van der Waals surface area contributed by atoms with E-state index in [0.717, 1.165) is 43.8 Å². The molecule has 118 valence electrons. The molecule has 2 fully saturated rings. The molecule has 0 radical (unpaired) electrons. The molecular formula is C15H24N2O2S2. The predicted octanol–water partition coefficient (Wildman–Crippen LogP) is 2.81. The number of nitrogens with one attached hydrogen (secondary N) is 1. The molecule has 0 unspecified atom stereocenters. The van der Waals surface area contributed by atoms with Crippen molar-refractivity contribution >= 4 is 21.4 Å². The van der Waals surface area contributed by atoms with Gasteiger partial charge in [-0.15, -0.1) is 11.3 Å². The van der Waals surface area contributed by atoms with Crippen molar-refractivity contribution in [3.8, 4) is 0 Å². The molecule has 1 N–H and O–H groups in total. The number of nitrogens with zero attached hydrogens (tertiary/aromatic N) is 1. The van der Waals surface area contributed by atoms with E-state index < -0.39 is 10.0 Å². The van der Waals surface area contributed by atoms with Crippen molar-refractivity contribution in [1.82, 2.24) is 9.62 Å². The Bertz CT molecular complexity index is 574. The van der Waals surface area contributed by atoms with Crippen LogP contribution in [0.1, 0.15) is 43.9 Å². The molecular weight excluding hydrogens is 304 g/mol. The zero-order valence-corrected chi connectivity index (χ0v) is 14.2. The second-order valence-electron chi connectivity index (χ2n) is 6.15. The second kappa shape index (κ2) is 6.36. The molecule has 0 aliphatic heterocycles. The summed E-state index contributed by atoms with van der Waals surface area (Å²) in [5.74, 6) is 0.603. The van der Waals surface area contributed by atoms with Crippen LogP contribution >= 0.6 is 11.3 Å². The van der Waals surface area contributed by atoms with E-state index in [9.17, 15) is 8.42 Å². The van der Waals surface area contributed by atoms with Gasteiger partial charge in [0, 0.05) is 24.0 Å². The highest BCUT2D eigenvalue weighted by molar-refractivity contribution is 7.91. The van der Waals surface area contributed by atoms with Crippen molar-refractivity contribution in [2.24, 2.45) is 5.92 Å². The molecule has 21 heavy (non-hydrogen) atoms. The molecule has 0 spiro atoms. The third-order valence-electron chi connectivity index (χ3n) is 4.02. The summed E-state index contributed by atoms with van der Waals surface area (Å²) < 4.78 is 28.0. The molecule has 0 atom stereocenters. The van der Waals surface area contributed by atoms with Crippen molar-refractivity contribution in [3.05, 3.63) is 17.0 Å². The van der Waals surface area contributed by atoms with Gasteiger partial charge >= 0.3 is 0 Å². The summed E-state index contributed by atoms with van der Waals surface area (Å²) in [6.07, 6.45) is 5.53. The molecule has 1 heterocycles. The Hall–Kier alpha value is -0.430. The zero-order chi connectivity index (χ0) is 14.9. The largest absolute Gasteiger partial charge is 0.312 e. The molecule has 2 aliphatic carbocycles. The molecule has 0 aromatic carbocycles. The Labute approximate surface area is 131 Å². The SMILES string of the molecule is CCCNCc1ccc(S(=O)(=O)N(CC2CC2)C2CC2)s1. The molecule has 2 aliphatic rings. The van der Waals surface area contributed by atoms with Crippen molar-refractivity contribution in [3.63, 3.8) is 0 Å². The van der Waals surface area contributed by atoms with Crippen LogP contribution in [0.15, 0.2) is 16.3 Å². The van der Waals surface area contributed by atoms with Crippen LogP contribution in [0.25, 0.3) is 0 Å². The highest BCUT2D eigenvalue weighted by Crippen LogP contribution is 2.39. The first-order chi connectivity index (χ1) is 10.1. The van der Waals surface area contributed by atoms with Gasteiger partial charge in [0.05, 0.1) is 0 Å². The van der Waals surface area contributed by atoms with Gasteiger partial charge in [0.15, 0.2) is 0 Å². The summed E-state index contributed by atoms with van der Waals surface area (Å²) in [6.45, 7) is 4.59. The first-order valence-corrected chi connectivity index (χ1v) is 10.2. The first kappa shape index (κ1) is 15.5. The lowest BCUT2D eigenvalue weighted by Gasteiger charge is -2.20. The Morgan fingerprint density at radius 2 is 2.05 bits per heavy atom. The maximum absolute atomic E-state index is 12.8. The van der Waals surface area contributed by atoms with E-state index in [1.165, 1.54) is 24.2 Å². The summed E-state index contributed by atoms with van der Waals surface area (Å²) in [5.41, 5.74) is 0. The highest BCUT2D eigenvalue weighted by atomic mass is 32.2. The van der Waals surface area contributed by atoms with Crippen molar-refractivity contribution < 1.29 is 8.42 Å². The quantitative estimate of drug-likeness (QED) is 0.709. The minimum atomic E-state index is -3.28. The molecule has 1 aromatic rings. The first-order valence-electron chi connectivity index (χ1n) is 7.92. The summed E-state index contributed by atoms with van der Waals surface area (Å²) in [4.78, 5) is 1.10. The summed E-state index contributed by atoms with van der Waals surface area (Å²) in [6, 6.07) is 3.99. The molecule has 0 bridgehead atoms. The van der Waals surface area contributed by atoms with Gasteiger partial charge in [-0.25, -0.2) is 8.42 Å². The van der Waals surface area contributed by atoms with Crippen LogP contribution in [0.3, 0.4) is 0 Å². The van der Waals surface area contributed by atoms with Crippen LogP contribution in [0.4, 0.5) is 0 Å². The average molecular weight is 329 g/mol. The van der Waals surface area contributed by atoms with Gasteiger partial charge in [-0.05, 0) is 56.7 Å². The zero-order valence-electron chi connectivity index (χ0n) is 12.5. The fraction of sp³-hybridized carbons (Fsp3) is 0.733. The third-order valence-corrected chi connectivity index (χ3v) is 7.49. The minimum Gasteiger partial charge on any atom is -0.312 e. The monoisotopic (exact) mass is 328 g/mol. The standard InChI is InChI=1S/C15H24N2O2S2/c1-2-9-16-10-14-7-8-15(20-14)21(18,19)17(13-5-6-13)11-12-3-4-12/h7-8,12-13,16H,2-6,9-11H2,1H3. The Balaban J connectivity index is 1.70. The molecule has 2 saturated carbocycles. The van der Waals surface area contributed by atoms with Crippen LogP contribution < -0.4 is 5.32 Å². The molecule has 0 amide bonds. The smallest absolute Gasteiger partial charge is 0.252 e. The van der Waals surface area contributed by atoms with E-state index in [0.29, 0.717) is 10.1 Å². The second-order valence-corrected chi connectivity index (χ2v) is 9.43. The molecule has 0 saturated heterocycles. The van der Waals surface area contributed by atoms with Crippen molar-refractivity contribution in [2.45, 2.75) is 55.8 Å². The van der Waals surface area contributed by atoms with Gasteiger partial charge in [0.25, 0.3) is 10.0 Å². The Morgan fingerprint density at radius 1 is 1.29 bits per heavy atom. The van der Waals surface area contributed by atoms with Gasteiger partial charge < -0.3 is 5.32 Å². The molecule has 3 rings (SSSR count). The van der Waals surface area contributed by atoms with Crippen LogP contribution in [0.2, 0.25) is 0 Å². The molecule has 6 heteroatoms. The van der Waals surface area contributed by atoms with Crippen molar-refractivity contribution in [2.75, 3.05) is 13.1 Å². The number of hydrogen-bond acceptors (Lipinski definition) is 4. The van der Waals surface area contributed by atoms with Gasteiger partial charge in [-0.2, -0.15) is 4.31 Å². The van der Waals surface area contributed by atoms with Crippen LogP contribution in [-0.2, 0) is 16.6 Å².